The van der Waals surface area contributed by atoms with Gasteiger partial charge in [0.25, 0.3) is 5.91 Å². The van der Waals surface area contributed by atoms with Gasteiger partial charge in [0.2, 0.25) is 5.91 Å². The summed E-state index contributed by atoms with van der Waals surface area (Å²) < 4.78 is 36.5. The zero-order valence-electron chi connectivity index (χ0n) is 23.6. The molecule has 2 atom stereocenters. The Kier molecular flexibility index (Phi) is 8.71. The highest BCUT2D eigenvalue weighted by Gasteiger charge is 2.38. The van der Waals surface area contributed by atoms with Gasteiger partial charge < -0.3 is 24.6 Å². The fraction of sp³-hybridized carbons (Fsp3) is 0.448. The molecule has 0 spiro atoms. The number of piperazine rings is 1. The number of rotatable bonds is 6. The average Bonchev–Trinajstić information content (AvgIpc) is 3.30. The summed E-state index contributed by atoms with van der Waals surface area (Å²) in [4.78, 5) is 53.8. The number of esters is 1. The molecule has 0 radical (unpaired) electrons. The molecular weight excluding hydrogens is 550 g/mol. The maximum atomic E-state index is 13.4. The molecule has 11 nitrogen and oxygen atoms in total. The molecule has 2 aliphatic rings. The van der Waals surface area contributed by atoms with Gasteiger partial charge in [-0.25, -0.2) is 18.0 Å². The lowest BCUT2D eigenvalue weighted by molar-refractivity contribution is -0.120. The van der Waals surface area contributed by atoms with Gasteiger partial charge in [0.15, 0.2) is 9.84 Å². The zero-order chi connectivity index (χ0) is 29.9. The van der Waals surface area contributed by atoms with E-state index in [1.54, 1.807) is 57.2 Å². The van der Waals surface area contributed by atoms with E-state index in [-0.39, 0.29) is 55.7 Å². The van der Waals surface area contributed by atoms with Gasteiger partial charge in [0, 0.05) is 44.9 Å². The summed E-state index contributed by atoms with van der Waals surface area (Å²) >= 11 is 0. The minimum Gasteiger partial charge on any atom is -0.462 e. The Labute approximate surface area is 239 Å². The highest BCUT2D eigenvalue weighted by molar-refractivity contribution is 7.90. The number of hydrogen-bond donors (Lipinski definition) is 1. The molecule has 2 aromatic carbocycles. The number of benzene rings is 2. The largest absolute Gasteiger partial charge is 0.462 e. The third-order valence-electron chi connectivity index (χ3n) is 6.94. The second-order valence-electron chi connectivity index (χ2n) is 11.2. The second kappa shape index (κ2) is 11.9. The predicted molar refractivity (Wildman–Crippen MR) is 149 cm³/mol. The van der Waals surface area contributed by atoms with E-state index < -0.39 is 45.2 Å². The highest BCUT2D eigenvalue weighted by Crippen LogP contribution is 2.33. The molecule has 1 unspecified atom stereocenters. The van der Waals surface area contributed by atoms with Gasteiger partial charge in [-0.15, -0.1) is 0 Å². The first-order valence-electron chi connectivity index (χ1n) is 13.4. The molecule has 0 aliphatic carbocycles. The van der Waals surface area contributed by atoms with E-state index in [4.69, 9.17) is 9.47 Å². The van der Waals surface area contributed by atoms with E-state index in [1.165, 1.54) is 21.9 Å². The summed E-state index contributed by atoms with van der Waals surface area (Å²) in [6.07, 6.45) is 0.543. The molecule has 220 valence electrons. The van der Waals surface area contributed by atoms with Gasteiger partial charge in [0.05, 0.1) is 28.5 Å². The normalized spacial score (nSPS) is 19.5. The van der Waals surface area contributed by atoms with Crippen molar-refractivity contribution >= 4 is 33.7 Å². The van der Waals surface area contributed by atoms with Crippen LogP contribution in [0.15, 0.2) is 53.4 Å². The van der Waals surface area contributed by atoms with E-state index in [0.717, 1.165) is 6.26 Å². The summed E-state index contributed by atoms with van der Waals surface area (Å²) in [6.45, 7) is 6.44. The third-order valence-corrected chi connectivity index (χ3v) is 8.08. The summed E-state index contributed by atoms with van der Waals surface area (Å²) in [6, 6.07) is 12.8. The summed E-state index contributed by atoms with van der Waals surface area (Å²) in [5.74, 6) is -2.51. The van der Waals surface area contributed by atoms with Crippen molar-refractivity contribution in [2.45, 2.75) is 37.2 Å². The summed E-state index contributed by atoms with van der Waals surface area (Å²) in [5, 5.41) is 2.76. The number of amides is 3. The topological polar surface area (TPSA) is 139 Å². The van der Waals surface area contributed by atoms with E-state index in [0.29, 0.717) is 11.1 Å². The van der Waals surface area contributed by atoms with Crippen molar-refractivity contribution in [2.24, 2.45) is 5.92 Å². The Morgan fingerprint density at radius 2 is 1.61 bits per heavy atom. The number of nitrogens with one attached hydrogen (secondary N) is 1. The Morgan fingerprint density at radius 1 is 0.976 bits per heavy atom. The van der Waals surface area contributed by atoms with Crippen molar-refractivity contribution in [3.05, 3.63) is 65.2 Å². The minimum atomic E-state index is -3.86. The zero-order valence-corrected chi connectivity index (χ0v) is 24.4. The van der Waals surface area contributed by atoms with E-state index in [1.807, 2.05) is 0 Å². The summed E-state index contributed by atoms with van der Waals surface area (Å²) in [5.41, 5.74) is 0.144. The molecular formula is C29H35N3O8S. The van der Waals surface area contributed by atoms with Crippen LogP contribution < -0.4 is 5.32 Å². The molecule has 4 rings (SSSR count). The van der Waals surface area contributed by atoms with Gasteiger partial charge >= 0.3 is 12.1 Å². The fourth-order valence-corrected chi connectivity index (χ4v) is 5.80. The van der Waals surface area contributed by atoms with Crippen LogP contribution in [0.4, 0.5) is 4.79 Å². The van der Waals surface area contributed by atoms with Crippen LogP contribution in [0.1, 0.15) is 53.0 Å². The van der Waals surface area contributed by atoms with Gasteiger partial charge in [-0.05, 0) is 50.6 Å². The minimum absolute atomic E-state index is 0.00701. The maximum Gasteiger partial charge on any atom is 0.410 e. The number of carbonyl (C=O) groups is 4. The summed E-state index contributed by atoms with van der Waals surface area (Å²) in [7, 11) is -3.86. The van der Waals surface area contributed by atoms with Crippen LogP contribution >= 0.6 is 0 Å². The van der Waals surface area contributed by atoms with Crippen LogP contribution in [0.25, 0.3) is 0 Å². The molecule has 1 N–H and O–H groups in total. The lowest BCUT2D eigenvalue weighted by atomic mass is 9.88. The van der Waals surface area contributed by atoms with Crippen molar-refractivity contribution in [1.29, 1.82) is 0 Å². The monoisotopic (exact) mass is 585 g/mol. The van der Waals surface area contributed by atoms with Crippen molar-refractivity contribution in [3.8, 4) is 0 Å². The molecule has 0 saturated carbocycles. The average molecular weight is 586 g/mol. The van der Waals surface area contributed by atoms with Gasteiger partial charge in [-0.3, -0.25) is 9.59 Å². The van der Waals surface area contributed by atoms with Crippen molar-refractivity contribution in [3.63, 3.8) is 0 Å². The predicted octanol–water partition coefficient (Wildman–Crippen LogP) is 2.47. The Bertz CT molecular complexity index is 1430. The first-order chi connectivity index (χ1) is 19.2. The molecule has 12 heteroatoms. The standard InChI is InChI=1S/C29H35N3O8S/c1-29(2,3)40-28(36)32-14-12-31(13-15-32)26(34)22-11-10-20(16-23(22)41(4,37)38)24-21(17-30-25(24)33)18-39-27(35)19-8-6-5-7-9-19/h5-11,16,21,24H,12-15,17-18H2,1-4H3,(H,30,33)/t21?,24-/m0/s1. The van der Waals surface area contributed by atoms with Crippen LogP contribution in [0.5, 0.6) is 0 Å². The van der Waals surface area contributed by atoms with Crippen LogP contribution in [-0.2, 0) is 24.1 Å². The molecule has 2 aromatic rings. The molecule has 0 bridgehead atoms. The van der Waals surface area contributed by atoms with Crippen molar-refractivity contribution in [1.82, 2.24) is 15.1 Å². The smallest absolute Gasteiger partial charge is 0.410 e. The van der Waals surface area contributed by atoms with Crippen LogP contribution in [0, 0.1) is 5.92 Å². The van der Waals surface area contributed by atoms with Crippen LogP contribution in [0.3, 0.4) is 0 Å². The van der Waals surface area contributed by atoms with Crippen molar-refractivity contribution < 1.29 is 37.1 Å². The number of hydrogen-bond acceptors (Lipinski definition) is 8. The van der Waals surface area contributed by atoms with Crippen LogP contribution in [0.2, 0.25) is 0 Å². The molecule has 2 heterocycles. The fourth-order valence-electron chi connectivity index (χ4n) is 4.90. The Hall–Kier alpha value is -3.93. The van der Waals surface area contributed by atoms with E-state index in [9.17, 15) is 27.6 Å². The molecule has 3 amide bonds. The first kappa shape index (κ1) is 30.0. The van der Waals surface area contributed by atoms with Crippen molar-refractivity contribution in [2.75, 3.05) is 45.6 Å². The molecule has 0 aromatic heterocycles. The number of sulfone groups is 1. The van der Waals surface area contributed by atoms with Gasteiger partial charge in [0.1, 0.15) is 5.60 Å². The third kappa shape index (κ3) is 7.24. The second-order valence-corrected chi connectivity index (χ2v) is 13.2. The number of carbonyl (C=O) groups excluding carboxylic acids is 4. The first-order valence-corrected chi connectivity index (χ1v) is 15.2. The lowest BCUT2D eigenvalue weighted by Gasteiger charge is -2.35. The quantitative estimate of drug-likeness (QED) is 0.510. The SMILES string of the molecule is CC(C)(C)OC(=O)N1CCN(C(=O)c2ccc([C@@H]3C(=O)NCC3COC(=O)c3ccccc3)cc2S(C)(=O)=O)CC1. The molecule has 2 saturated heterocycles. The Balaban J connectivity index is 1.50. The van der Waals surface area contributed by atoms with Gasteiger partial charge in [-0.1, -0.05) is 24.3 Å². The molecule has 2 fully saturated rings. The maximum absolute atomic E-state index is 13.4. The number of ether oxygens (including phenoxy) is 2. The molecule has 2 aliphatic heterocycles. The van der Waals surface area contributed by atoms with Gasteiger partial charge in [-0.2, -0.15) is 0 Å². The molecule has 41 heavy (non-hydrogen) atoms. The van der Waals surface area contributed by atoms with E-state index >= 15 is 0 Å². The van der Waals surface area contributed by atoms with Crippen LogP contribution in [-0.4, -0.2) is 93.3 Å². The number of nitrogens with zero attached hydrogens (tertiary/aromatic N) is 2. The van der Waals surface area contributed by atoms with E-state index in [2.05, 4.69) is 5.32 Å². The Morgan fingerprint density at radius 3 is 2.22 bits per heavy atom. The highest BCUT2D eigenvalue weighted by atomic mass is 32.2. The lowest BCUT2D eigenvalue weighted by Crippen LogP contribution is -2.51.